The highest BCUT2D eigenvalue weighted by Gasteiger charge is 2.10. The number of ketones is 1. The molecule has 1 N–H and O–H groups in total. The minimum Gasteiger partial charge on any atom is -0.322 e. The molecule has 1 amide bonds. The van der Waals surface area contributed by atoms with Gasteiger partial charge in [-0.15, -0.1) is 0 Å². The van der Waals surface area contributed by atoms with Gasteiger partial charge in [0, 0.05) is 14.8 Å². The van der Waals surface area contributed by atoms with Crippen LogP contribution in [0.4, 0.5) is 5.69 Å². The zero-order chi connectivity index (χ0) is 13.8. The van der Waals surface area contributed by atoms with E-state index in [1.54, 1.807) is 30.3 Å². The molecule has 3 nitrogen and oxygen atoms in total. The summed E-state index contributed by atoms with van der Waals surface area (Å²) in [5.74, 6) is -0.198. The van der Waals surface area contributed by atoms with E-state index in [-0.39, 0.29) is 11.7 Å². The number of carbonyl (C=O) groups excluding carboxylic acids is 2. The quantitative estimate of drug-likeness (QED) is 0.665. The van der Waals surface area contributed by atoms with Crippen LogP contribution in [0.5, 0.6) is 0 Å². The Labute approximate surface area is 125 Å². The van der Waals surface area contributed by atoms with Crippen molar-refractivity contribution in [3.63, 3.8) is 0 Å². The number of rotatable bonds is 3. The Hall–Kier alpha value is -1.69. The molecular formula is C15H12INO2. The minimum atomic E-state index is -0.175. The summed E-state index contributed by atoms with van der Waals surface area (Å²) < 4.78 is 0.889. The summed E-state index contributed by atoms with van der Waals surface area (Å²) in [7, 11) is 0. The Morgan fingerprint density at radius 2 is 1.79 bits per heavy atom. The van der Waals surface area contributed by atoms with Crippen LogP contribution in [0, 0.1) is 3.57 Å². The van der Waals surface area contributed by atoms with Gasteiger partial charge in [0.05, 0.1) is 5.56 Å². The molecule has 0 fully saturated rings. The fraction of sp³-hybridized carbons (Fsp3) is 0.0667. The first-order valence-corrected chi connectivity index (χ1v) is 6.82. The van der Waals surface area contributed by atoms with Crippen LogP contribution in [0.2, 0.25) is 0 Å². The van der Waals surface area contributed by atoms with Crippen LogP contribution >= 0.6 is 22.6 Å². The zero-order valence-electron chi connectivity index (χ0n) is 10.3. The van der Waals surface area contributed by atoms with E-state index in [4.69, 9.17) is 0 Å². The monoisotopic (exact) mass is 365 g/mol. The molecule has 0 radical (unpaired) electrons. The minimum absolute atomic E-state index is 0.0228. The summed E-state index contributed by atoms with van der Waals surface area (Å²) in [6.07, 6.45) is 0. The maximum Gasteiger partial charge on any atom is 0.256 e. The van der Waals surface area contributed by atoms with Gasteiger partial charge >= 0.3 is 0 Å². The number of benzene rings is 2. The van der Waals surface area contributed by atoms with Gasteiger partial charge in [0.25, 0.3) is 5.91 Å². The van der Waals surface area contributed by atoms with E-state index in [9.17, 15) is 9.59 Å². The van der Waals surface area contributed by atoms with Crippen molar-refractivity contribution in [2.45, 2.75) is 6.92 Å². The number of anilines is 1. The number of halogens is 1. The van der Waals surface area contributed by atoms with Crippen molar-refractivity contribution in [2.75, 3.05) is 5.32 Å². The van der Waals surface area contributed by atoms with Crippen molar-refractivity contribution in [1.82, 2.24) is 0 Å². The fourth-order valence-corrected chi connectivity index (χ4v) is 2.29. The molecule has 0 spiro atoms. The molecule has 0 saturated heterocycles. The molecule has 2 aromatic rings. The van der Waals surface area contributed by atoms with Gasteiger partial charge in [-0.25, -0.2) is 0 Å². The first-order chi connectivity index (χ1) is 9.08. The second kappa shape index (κ2) is 5.97. The summed E-state index contributed by atoms with van der Waals surface area (Å²) in [5, 5.41) is 2.80. The van der Waals surface area contributed by atoms with E-state index in [0.29, 0.717) is 16.8 Å². The molecular weight excluding hydrogens is 353 g/mol. The smallest absolute Gasteiger partial charge is 0.256 e. The molecule has 0 aliphatic heterocycles. The van der Waals surface area contributed by atoms with E-state index in [1.807, 2.05) is 18.2 Å². The third kappa shape index (κ3) is 3.41. The lowest BCUT2D eigenvalue weighted by Crippen LogP contribution is -2.13. The molecule has 0 atom stereocenters. The van der Waals surface area contributed by atoms with Gasteiger partial charge in [0.15, 0.2) is 5.78 Å². The summed E-state index contributed by atoms with van der Waals surface area (Å²) >= 11 is 2.12. The zero-order valence-corrected chi connectivity index (χ0v) is 12.5. The van der Waals surface area contributed by atoms with Gasteiger partial charge < -0.3 is 5.32 Å². The molecule has 2 rings (SSSR count). The molecule has 96 valence electrons. The van der Waals surface area contributed by atoms with Crippen LogP contribution in [0.15, 0.2) is 48.5 Å². The number of carbonyl (C=O) groups is 2. The second-order valence-corrected chi connectivity index (χ2v) is 5.23. The summed E-state index contributed by atoms with van der Waals surface area (Å²) in [5.41, 5.74) is 1.83. The molecule has 0 aliphatic rings. The Kier molecular flexibility index (Phi) is 4.31. The van der Waals surface area contributed by atoms with E-state index >= 15 is 0 Å². The number of Topliss-reactive ketones (excluding diaryl/α,β-unsaturated/α-hetero) is 1. The Bertz CT molecular complexity index is 638. The van der Waals surface area contributed by atoms with Crippen LogP contribution in [0.25, 0.3) is 0 Å². The highest BCUT2D eigenvalue weighted by Crippen LogP contribution is 2.16. The first-order valence-electron chi connectivity index (χ1n) is 5.75. The van der Waals surface area contributed by atoms with Crippen molar-refractivity contribution in [3.8, 4) is 0 Å². The summed E-state index contributed by atoms with van der Waals surface area (Å²) in [6, 6.07) is 14.3. The average Bonchev–Trinajstić information content (AvgIpc) is 2.39. The molecule has 0 aliphatic carbocycles. The van der Waals surface area contributed by atoms with Gasteiger partial charge in [0.2, 0.25) is 0 Å². The molecule has 2 aromatic carbocycles. The largest absolute Gasteiger partial charge is 0.322 e. The van der Waals surface area contributed by atoms with Crippen LogP contribution in [-0.2, 0) is 0 Å². The SMILES string of the molecule is CC(=O)c1cccc(NC(=O)c2ccccc2I)c1. The lowest BCUT2D eigenvalue weighted by molar-refractivity contribution is 0.101. The van der Waals surface area contributed by atoms with Gasteiger partial charge in [-0.2, -0.15) is 0 Å². The predicted octanol–water partition coefficient (Wildman–Crippen LogP) is 3.75. The van der Waals surface area contributed by atoms with Gasteiger partial charge in [-0.05, 0) is 53.8 Å². The summed E-state index contributed by atoms with van der Waals surface area (Å²) in [6.45, 7) is 1.50. The maximum absolute atomic E-state index is 12.1. The summed E-state index contributed by atoms with van der Waals surface area (Å²) in [4.78, 5) is 23.4. The lowest BCUT2D eigenvalue weighted by atomic mass is 10.1. The van der Waals surface area contributed by atoms with Crippen molar-refractivity contribution in [1.29, 1.82) is 0 Å². The number of hydrogen-bond acceptors (Lipinski definition) is 2. The molecule has 0 aromatic heterocycles. The molecule has 19 heavy (non-hydrogen) atoms. The molecule has 0 saturated carbocycles. The fourth-order valence-electron chi connectivity index (χ4n) is 1.66. The number of amides is 1. The average molecular weight is 365 g/mol. The molecule has 0 unspecified atom stereocenters. The van der Waals surface area contributed by atoms with E-state index in [0.717, 1.165) is 3.57 Å². The van der Waals surface area contributed by atoms with Crippen molar-refractivity contribution in [3.05, 3.63) is 63.2 Å². The van der Waals surface area contributed by atoms with Crippen molar-refractivity contribution >= 4 is 40.0 Å². The highest BCUT2D eigenvalue weighted by atomic mass is 127. The van der Waals surface area contributed by atoms with Crippen LogP contribution < -0.4 is 5.32 Å². The van der Waals surface area contributed by atoms with Crippen molar-refractivity contribution < 1.29 is 9.59 Å². The normalized spacial score (nSPS) is 10.0. The second-order valence-electron chi connectivity index (χ2n) is 4.07. The Morgan fingerprint density at radius 1 is 1.05 bits per heavy atom. The third-order valence-corrected chi connectivity index (χ3v) is 3.59. The van der Waals surface area contributed by atoms with Gasteiger partial charge in [-0.3, -0.25) is 9.59 Å². The number of nitrogens with one attached hydrogen (secondary N) is 1. The molecule has 0 bridgehead atoms. The lowest BCUT2D eigenvalue weighted by Gasteiger charge is -2.07. The highest BCUT2D eigenvalue weighted by molar-refractivity contribution is 14.1. The van der Waals surface area contributed by atoms with Crippen molar-refractivity contribution in [2.24, 2.45) is 0 Å². The standard InChI is InChI=1S/C15H12INO2/c1-10(18)11-5-4-6-12(9-11)17-15(19)13-7-2-3-8-14(13)16/h2-9H,1H3,(H,17,19). The Balaban J connectivity index is 2.22. The number of hydrogen-bond donors (Lipinski definition) is 1. The predicted molar refractivity (Wildman–Crippen MR) is 83.6 cm³/mol. The maximum atomic E-state index is 12.1. The topological polar surface area (TPSA) is 46.2 Å². The van der Waals surface area contributed by atoms with Crippen LogP contribution in [0.3, 0.4) is 0 Å². The third-order valence-electron chi connectivity index (χ3n) is 2.65. The first kappa shape index (κ1) is 13.7. The molecule has 0 heterocycles. The van der Waals surface area contributed by atoms with Crippen LogP contribution in [0.1, 0.15) is 27.6 Å². The molecule has 4 heteroatoms. The van der Waals surface area contributed by atoms with E-state index in [1.165, 1.54) is 6.92 Å². The van der Waals surface area contributed by atoms with E-state index in [2.05, 4.69) is 27.9 Å². The van der Waals surface area contributed by atoms with Gasteiger partial charge in [0.1, 0.15) is 0 Å². The van der Waals surface area contributed by atoms with Crippen LogP contribution in [-0.4, -0.2) is 11.7 Å². The Morgan fingerprint density at radius 3 is 2.47 bits per heavy atom. The van der Waals surface area contributed by atoms with Gasteiger partial charge in [-0.1, -0.05) is 24.3 Å². The van der Waals surface area contributed by atoms with E-state index < -0.39 is 0 Å².